The van der Waals surface area contributed by atoms with E-state index in [0.29, 0.717) is 30.3 Å². The lowest BCUT2D eigenvalue weighted by molar-refractivity contribution is -0.115. The number of ketones is 1. The summed E-state index contributed by atoms with van der Waals surface area (Å²) in [5.41, 5.74) is 3.11. The number of aryl methyl sites for hydroxylation is 1. The van der Waals surface area contributed by atoms with Crippen molar-refractivity contribution in [3.8, 4) is 0 Å². The van der Waals surface area contributed by atoms with Gasteiger partial charge in [0.2, 0.25) is 10.0 Å². The second kappa shape index (κ2) is 4.77. The van der Waals surface area contributed by atoms with Crippen LogP contribution in [0.15, 0.2) is 40.3 Å². The van der Waals surface area contributed by atoms with E-state index in [1.54, 1.807) is 16.4 Å². The molecule has 0 spiro atoms. The molecule has 0 radical (unpaired) electrons. The summed E-state index contributed by atoms with van der Waals surface area (Å²) >= 11 is 0. The Morgan fingerprint density at radius 2 is 1.77 bits per heavy atom. The maximum Gasteiger partial charge on any atom is 0.243 e. The number of benzene rings is 1. The first kappa shape index (κ1) is 14.2. The number of nitrogens with zero attached hydrogens (tertiary/aromatic N) is 1. The van der Waals surface area contributed by atoms with Gasteiger partial charge in [-0.15, -0.1) is 0 Å². The van der Waals surface area contributed by atoms with Gasteiger partial charge in [0.25, 0.3) is 0 Å². The number of rotatable bonds is 3. The molecule has 116 valence electrons. The summed E-state index contributed by atoms with van der Waals surface area (Å²) in [7, 11) is -3.46. The van der Waals surface area contributed by atoms with Gasteiger partial charge >= 0.3 is 0 Å². The van der Waals surface area contributed by atoms with Crippen molar-refractivity contribution in [3.63, 3.8) is 0 Å². The van der Waals surface area contributed by atoms with Crippen molar-refractivity contribution in [1.29, 1.82) is 0 Å². The summed E-state index contributed by atoms with van der Waals surface area (Å²) in [5.74, 6) is 0.785. The third-order valence-electron chi connectivity index (χ3n) is 4.99. The summed E-state index contributed by atoms with van der Waals surface area (Å²) in [6.07, 6.45) is 2.67. The molecule has 1 unspecified atom stereocenters. The van der Waals surface area contributed by atoms with E-state index >= 15 is 0 Å². The summed E-state index contributed by atoms with van der Waals surface area (Å²) in [6.45, 7) is 2.79. The van der Waals surface area contributed by atoms with E-state index < -0.39 is 10.0 Å². The predicted molar refractivity (Wildman–Crippen MR) is 82.8 cm³/mol. The molecule has 1 saturated heterocycles. The van der Waals surface area contributed by atoms with Crippen LogP contribution in [-0.4, -0.2) is 31.6 Å². The normalized spacial score (nSPS) is 25.9. The third-order valence-corrected chi connectivity index (χ3v) is 6.81. The largest absolute Gasteiger partial charge is 0.295 e. The molecule has 0 bridgehead atoms. The zero-order valence-corrected chi connectivity index (χ0v) is 13.4. The molecule has 0 amide bonds. The van der Waals surface area contributed by atoms with Gasteiger partial charge < -0.3 is 0 Å². The van der Waals surface area contributed by atoms with Crippen molar-refractivity contribution in [2.45, 2.75) is 31.1 Å². The minimum atomic E-state index is -3.46. The first-order valence-corrected chi connectivity index (χ1v) is 9.24. The monoisotopic (exact) mass is 317 g/mol. The molecule has 4 rings (SSSR count). The van der Waals surface area contributed by atoms with E-state index in [1.165, 1.54) is 0 Å². The van der Waals surface area contributed by atoms with Gasteiger partial charge in [-0.25, -0.2) is 8.42 Å². The van der Waals surface area contributed by atoms with Gasteiger partial charge in [0.15, 0.2) is 5.78 Å². The van der Waals surface area contributed by atoms with E-state index in [2.05, 4.69) is 0 Å². The number of sulfonamides is 1. The molecule has 2 fully saturated rings. The molecular weight excluding hydrogens is 298 g/mol. The van der Waals surface area contributed by atoms with E-state index in [9.17, 15) is 13.2 Å². The summed E-state index contributed by atoms with van der Waals surface area (Å²) < 4.78 is 27.1. The minimum absolute atomic E-state index is 0.114. The van der Waals surface area contributed by atoms with Crippen LogP contribution in [0.1, 0.15) is 24.8 Å². The van der Waals surface area contributed by atoms with Gasteiger partial charge in [0, 0.05) is 25.4 Å². The second-order valence-corrected chi connectivity index (χ2v) is 8.59. The molecule has 1 atom stereocenters. The van der Waals surface area contributed by atoms with Crippen LogP contribution in [0.4, 0.5) is 0 Å². The van der Waals surface area contributed by atoms with Crippen molar-refractivity contribution < 1.29 is 13.2 Å². The Balaban J connectivity index is 1.65. The molecule has 22 heavy (non-hydrogen) atoms. The van der Waals surface area contributed by atoms with Gasteiger partial charge in [-0.05, 0) is 49.0 Å². The van der Waals surface area contributed by atoms with Crippen LogP contribution in [0, 0.1) is 18.8 Å². The molecule has 1 aromatic rings. The predicted octanol–water partition coefficient (Wildman–Crippen LogP) is 2.29. The molecule has 2 aliphatic carbocycles. The molecule has 3 aliphatic rings. The molecular formula is C17H19NO3S. The van der Waals surface area contributed by atoms with E-state index in [-0.39, 0.29) is 11.7 Å². The first-order valence-electron chi connectivity index (χ1n) is 7.80. The van der Waals surface area contributed by atoms with Gasteiger partial charge in [0.1, 0.15) is 0 Å². The molecule has 1 aliphatic heterocycles. The SMILES string of the molecule is Cc1ccc(S(=O)(=O)N2CC3=C(C4CC4)C(=O)CC3C2)cc1. The Morgan fingerprint density at radius 3 is 2.41 bits per heavy atom. The van der Waals surface area contributed by atoms with Crippen LogP contribution >= 0.6 is 0 Å². The molecule has 4 nitrogen and oxygen atoms in total. The minimum Gasteiger partial charge on any atom is -0.295 e. The highest BCUT2D eigenvalue weighted by Crippen LogP contribution is 2.47. The third kappa shape index (κ3) is 2.15. The number of allylic oxidation sites excluding steroid dienone is 1. The van der Waals surface area contributed by atoms with Crippen molar-refractivity contribution in [3.05, 3.63) is 41.0 Å². The summed E-state index contributed by atoms with van der Waals surface area (Å²) in [4.78, 5) is 12.5. The molecule has 0 aromatic heterocycles. The van der Waals surface area contributed by atoms with Crippen molar-refractivity contribution >= 4 is 15.8 Å². The highest BCUT2D eigenvalue weighted by molar-refractivity contribution is 7.89. The number of carbonyl (C=O) groups excluding carboxylic acids is 1. The van der Waals surface area contributed by atoms with Gasteiger partial charge in [-0.3, -0.25) is 4.79 Å². The van der Waals surface area contributed by atoms with Crippen LogP contribution in [0.25, 0.3) is 0 Å². The van der Waals surface area contributed by atoms with Crippen molar-refractivity contribution in [2.24, 2.45) is 11.8 Å². The van der Waals surface area contributed by atoms with E-state index in [1.807, 2.05) is 19.1 Å². The number of hydrogen-bond acceptors (Lipinski definition) is 3. The van der Waals surface area contributed by atoms with Crippen LogP contribution in [0.5, 0.6) is 0 Å². The Kier molecular flexibility index (Phi) is 3.07. The number of Topliss-reactive ketones (excluding diaryl/α,β-unsaturated/α-hetero) is 1. The lowest BCUT2D eigenvalue weighted by Gasteiger charge is -2.17. The van der Waals surface area contributed by atoms with E-state index in [4.69, 9.17) is 0 Å². The molecule has 1 aromatic carbocycles. The number of carbonyl (C=O) groups is 1. The first-order chi connectivity index (χ1) is 10.5. The average Bonchev–Trinajstić information content (AvgIpc) is 3.13. The fraction of sp³-hybridized carbons (Fsp3) is 0.471. The molecule has 1 heterocycles. The van der Waals surface area contributed by atoms with Crippen molar-refractivity contribution in [2.75, 3.05) is 13.1 Å². The Morgan fingerprint density at radius 1 is 1.09 bits per heavy atom. The maximum atomic E-state index is 12.8. The molecule has 1 saturated carbocycles. The quantitative estimate of drug-likeness (QED) is 0.859. The average molecular weight is 317 g/mol. The number of fused-ring (bicyclic) bond motifs is 1. The van der Waals surface area contributed by atoms with Gasteiger partial charge in [-0.2, -0.15) is 4.31 Å². The van der Waals surface area contributed by atoms with Crippen molar-refractivity contribution in [1.82, 2.24) is 4.31 Å². The zero-order valence-electron chi connectivity index (χ0n) is 12.6. The van der Waals surface area contributed by atoms with Gasteiger partial charge in [-0.1, -0.05) is 17.7 Å². The topological polar surface area (TPSA) is 54.5 Å². The smallest absolute Gasteiger partial charge is 0.243 e. The number of hydrogen-bond donors (Lipinski definition) is 0. The Hall–Kier alpha value is -1.46. The van der Waals surface area contributed by atoms with Gasteiger partial charge in [0.05, 0.1) is 4.90 Å². The lowest BCUT2D eigenvalue weighted by Crippen LogP contribution is -2.29. The van der Waals surface area contributed by atoms with Crippen LogP contribution in [-0.2, 0) is 14.8 Å². The fourth-order valence-electron chi connectivity index (χ4n) is 3.65. The zero-order chi connectivity index (χ0) is 15.5. The fourth-order valence-corrected chi connectivity index (χ4v) is 5.11. The summed E-state index contributed by atoms with van der Waals surface area (Å²) in [6, 6.07) is 6.98. The Labute approximate surface area is 130 Å². The maximum absolute atomic E-state index is 12.8. The standard InChI is InChI=1S/C17H19NO3S/c1-11-2-6-14(7-3-11)22(20,21)18-9-13-8-16(19)17(12-4-5-12)15(13)10-18/h2-3,6-7,12-13H,4-5,8-10H2,1H3. The molecule has 5 heteroatoms. The lowest BCUT2D eigenvalue weighted by atomic mass is 10.0. The second-order valence-electron chi connectivity index (χ2n) is 6.65. The highest BCUT2D eigenvalue weighted by atomic mass is 32.2. The van der Waals surface area contributed by atoms with Crippen LogP contribution in [0.2, 0.25) is 0 Å². The van der Waals surface area contributed by atoms with E-state index in [0.717, 1.165) is 29.6 Å². The molecule has 0 N–H and O–H groups in total. The van der Waals surface area contributed by atoms with Crippen LogP contribution < -0.4 is 0 Å². The van der Waals surface area contributed by atoms with Crippen LogP contribution in [0.3, 0.4) is 0 Å². The highest BCUT2D eigenvalue weighted by Gasteiger charge is 2.46. The Bertz CT molecular complexity index is 773. The summed E-state index contributed by atoms with van der Waals surface area (Å²) in [5, 5.41) is 0.